The minimum Gasteiger partial charge on any atom is -0.347 e. The number of urea groups is 1. The van der Waals surface area contributed by atoms with E-state index in [-0.39, 0.29) is 16.6 Å². The molecule has 0 aliphatic carbocycles. The van der Waals surface area contributed by atoms with Gasteiger partial charge in [-0.05, 0) is 38.0 Å². The van der Waals surface area contributed by atoms with Gasteiger partial charge in [-0.1, -0.05) is 44.0 Å². The number of nitrogens with zero attached hydrogens (tertiary/aromatic N) is 4. The highest BCUT2D eigenvalue weighted by Crippen LogP contribution is 2.39. The molecule has 1 aliphatic rings. The first-order valence-corrected chi connectivity index (χ1v) is 11.7. The van der Waals surface area contributed by atoms with Crippen molar-refractivity contribution in [3.8, 4) is 6.07 Å². The second kappa shape index (κ2) is 9.60. The highest BCUT2D eigenvalue weighted by atomic mass is 16.2. The summed E-state index contributed by atoms with van der Waals surface area (Å²) in [5.41, 5.74) is 6.06. The van der Waals surface area contributed by atoms with Crippen LogP contribution in [0.1, 0.15) is 54.1 Å². The third-order valence-corrected chi connectivity index (χ3v) is 6.93. The monoisotopic (exact) mass is 442 g/mol. The molecule has 6 nitrogen and oxygen atoms in total. The highest BCUT2D eigenvalue weighted by Gasteiger charge is 2.54. The predicted molar refractivity (Wildman–Crippen MR) is 130 cm³/mol. The molecule has 1 unspecified atom stereocenters. The maximum absolute atomic E-state index is 14.3. The smallest absolute Gasteiger partial charge is 0.347 e. The van der Waals surface area contributed by atoms with Crippen LogP contribution in [-0.4, -0.2) is 33.5 Å². The van der Waals surface area contributed by atoms with Crippen LogP contribution in [0.2, 0.25) is 0 Å². The molecule has 2 atom stereocenters. The minimum atomic E-state index is 0.128. The zero-order valence-electron chi connectivity index (χ0n) is 19.7. The molecular weight excluding hydrogens is 410 g/mol. The van der Waals surface area contributed by atoms with E-state index in [1.807, 2.05) is 24.3 Å². The third kappa shape index (κ3) is 4.42. The molecule has 6 heteroatoms. The number of aromatic amines is 1. The second-order valence-electron chi connectivity index (χ2n) is 9.12. The normalized spacial score (nSPS) is 20.2. The van der Waals surface area contributed by atoms with E-state index in [4.69, 9.17) is 0 Å². The summed E-state index contributed by atoms with van der Waals surface area (Å²) in [4.78, 5) is 23.7. The van der Waals surface area contributed by atoms with Crippen molar-refractivity contribution in [2.75, 3.05) is 6.54 Å². The van der Waals surface area contributed by atoms with Crippen molar-refractivity contribution in [2.45, 2.75) is 59.2 Å². The van der Waals surface area contributed by atoms with Crippen molar-refractivity contribution in [2.24, 2.45) is 0 Å². The average molecular weight is 443 g/mol. The number of unbranched alkanes of at least 4 members (excludes halogenated alkanes) is 1. The molecule has 1 N–H and O–H groups in total. The molecule has 2 amide bonds. The number of amides is 2. The van der Waals surface area contributed by atoms with Gasteiger partial charge in [-0.15, -0.1) is 0 Å². The van der Waals surface area contributed by atoms with Crippen LogP contribution in [0.15, 0.2) is 55.0 Å². The Bertz CT molecular complexity index is 1150. The Morgan fingerprint density at radius 3 is 2.67 bits per heavy atom. The van der Waals surface area contributed by atoms with Crippen LogP contribution >= 0.6 is 0 Å². The number of quaternary nitrogens is 1. The number of carbonyl (C=O) groups is 1. The third-order valence-electron chi connectivity index (χ3n) is 6.93. The molecule has 1 aromatic heterocycles. The lowest BCUT2D eigenvalue weighted by atomic mass is 10.0. The SMILES string of the molecule is CCCCC1C[N@@+](Cc2ccc(C#N)cc2)(c2cccc(C)c2C)C(=O)N1Cc1cnc[nH]1. The fraction of sp³-hybridized carbons (Fsp3) is 0.370. The molecule has 1 saturated heterocycles. The first kappa shape index (κ1) is 22.8. The van der Waals surface area contributed by atoms with Crippen LogP contribution in [0.5, 0.6) is 0 Å². The van der Waals surface area contributed by atoms with E-state index in [2.05, 4.69) is 59.9 Å². The maximum Gasteiger partial charge on any atom is 0.425 e. The van der Waals surface area contributed by atoms with Crippen LogP contribution in [0.4, 0.5) is 10.5 Å². The number of rotatable bonds is 8. The zero-order valence-corrected chi connectivity index (χ0v) is 19.7. The van der Waals surface area contributed by atoms with E-state index in [1.54, 1.807) is 12.5 Å². The molecule has 3 aromatic rings. The molecular formula is C27H32N5O+. The number of aromatic nitrogens is 2. The molecule has 33 heavy (non-hydrogen) atoms. The van der Waals surface area contributed by atoms with Crippen LogP contribution in [0, 0.1) is 25.2 Å². The van der Waals surface area contributed by atoms with Crippen molar-refractivity contribution in [3.63, 3.8) is 0 Å². The highest BCUT2D eigenvalue weighted by molar-refractivity contribution is 5.90. The molecule has 1 aliphatic heterocycles. The van der Waals surface area contributed by atoms with E-state index in [9.17, 15) is 10.1 Å². The van der Waals surface area contributed by atoms with Gasteiger partial charge in [-0.3, -0.25) is 4.90 Å². The summed E-state index contributed by atoms with van der Waals surface area (Å²) in [7, 11) is 0. The van der Waals surface area contributed by atoms with Crippen molar-refractivity contribution >= 4 is 11.7 Å². The van der Waals surface area contributed by atoms with Crippen LogP contribution in [0.25, 0.3) is 0 Å². The van der Waals surface area contributed by atoms with E-state index >= 15 is 0 Å². The van der Waals surface area contributed by atoms with E-state index < -0.39 is 0 Å². The molecule has 2 aromatic carbocycles. The maximum atomic E-state index is 14.3. The summed E-state index contributed by atoms with van der Waals surface area (Å²) in [6.45, 7) is 8.25. The standard InChI is InChI=1S/C27H32N5O/c1-4-5-8-25-18-32(26-9-6-7-20(2)21(26)3,17-23-12-10-22(14-28)11-13-23)27(33)31(25)16-24-15-29-19-30-24/h6-7,9-13,15,19,25H,4-5,8,16-18H2,1-3H3,(H,29,30)/q+1/t25?,32-/m0/s1. The van der Waals surface area contributed by atoms with E-state index in [1.165, 1.54) is 5.56 Å². The van der Waals surface area contributed by atoms with Crippen molar-refractivity contribution < 1.29 is 4.79 Å². The van der Waals surface area contributed by atoms with Gasteiger partial charge in [0.25, 0.3) is 0 Å². The zero-order chi connectivity index (χ0) is 23.4. The lowest BCUT2D eigenvalue weighted by Gasteiger charge is -2.32. The van der Waals surface area contributed by atoms with Gasteiger partial charge < -0.3 is 4.98 Å². The Kier molecular flexibility index (Phi) is 6.62. The first-order valence-electron chi connectivity index (χ1n) is 11.7. The quantitative estimate of drug-likeness (QED) is 0.462. The largest absolute Gasteiger partial charge is 0.425 e. The number of hydrogen-bond donors (Lipinski definition) is 1. The van der Waals surface area contributed by atoms with Gasteiger partial charge in [0.05, 0.1) is 36.2 Å². The van der Waals surface area contributed by atoms with E-state index in [0.29, 0.717) is 18.7 Å². The molecule has 4 rings (SSSR count). The summed E-state index contributed by atoms with van der Waals surface area (Å²) >= 11 is 0. The number of aryl methyl sites for hydroxylation is 1. The van der Waals surface area contributed by atoms with Gasteiger partial charge in [-0.2, -0.15) is 5.26 Å². The summed E-state index contributed by atoms with van der Waals surface area (Å²) in [5, 5.41) is 9.20. The van der Waals surface area contributed by atoms with Crippen LogP contribution in [0.3, 0.4) is 0 Å². The average Bonchev–Trinajstić information content (AvgIpc) is 3.43. The Hall–Kier alpha value is -3.43. The van der Waals surface area contributed by atoms with Gasteiger partial charge in [0, 0.05) is 23.4 Å². The molecule has 0 saturated carbocycles. The van der Waals surface area contributed by atoms with Crippen molar-refractivity contribution in [1.82, 2.24) is 19.4 Å². The van der Waals surface area contributed by atoms with Gasteiger partial charge in [0.2, 0.25) is 0 Å². The Morgan fingerprint density at radius 2 is 2.00 bits per heavy atom. The first-order chi connectivity index (χ1) is 16.0. The van der Waals surface area contributed by atoms with Gasteiger partial charge in [-0.25, -0.2) is 14.3 Å². The summed E-state index contributed by atoms with van der Waals surface area (Å²) in [5.74, 6) is 0. The Balaban J connectivity index is 1.80. The number of carbonyl (C=O) groups excluding carboxylic acids is 1. The number of benzene rings is 2. The van der Waals surface area contributed by atoms with Crippen molar-refractivity contribution in [1.29, 1.82) is 5.26 Å². The van der Waals surface area contributed by atoms with Gasteiger partial charge >= 0.3 is 6.03 Å². The van der Waals surface area contributed by atoms with E-state index in [0.717, 1.165) is 48.3 Å². The number of imidazole rings is 1. The molecule has 2 heterocycles. The fourth-order valence-corrected chi connectivity index (χ4v) is 4.99. The number of H-pyrrole nitrogens is 1. The molecule has 1 fully saturated rings. The Morgan fingerprint density at radius 1 is 1.21 bits per heavy atom. The number of hydrogen-bond acceptors (Lipinski definition) is 3. The number of nitriles is 1. The summed E-state index contributed by atoms with van der Waals surface area (Å²) in [6, 6.07) is 16.4. The summed E-state index contributed by atoms with van der Waals surface area (Å²) < 4.78 is 0.266. The Labute approximate surface area is 196 Å². The predicted octanol–water partition coefficient (Wildman–Crippen LogP) is 5.60. The fourth-order valence-electron chi connectivity index (χ4n) is 4.99. The number of nitrogens with one attached hydrogen (secondary N) is 1. The minimum absolute atomic E-state index is 0.128. The van der Waals surface area contributed by atoms with Crippen molar-refractivity contribution in [3.05, 3.63) is 82.9 Å². The topological polar surface area (TPSA) is 72.8 Å². The lowest BCUT2D eigenvalue weighted by Crippen LogP contribution is -2.52. The van der Waals surface area contributed by atoms with Gasteiger partial charge in [0.1, 0.15) is 18.8 Å². The van der Waals surface area contributed by atoms with Crippen LogP contribution in [-0.2, 0) is 13.1 Å². The van der Waals surface area contributed by atoms with Crippen LogP contribution < -0.4 is 4.48 Å². The summed E-state index contributed by atoms with van der Waals surface area (Å²) in [6.07, 6.45) is 6.63. The molecule has 0 radical (unpaired) electrons. The lowest BCUT2D eigenvalue weighted by molar-refractivity contribution is 0.180. The molecule has 0 spiro atoms. The molecule has 0 bridgehead atoms. The second-order valence-corrected chi connectivity index (χ2v) is 9.12. The molecule has 170 valence electrons. The van der Waals surface area contributed by atoms with Gasteiger partial charge in [0.15, 0.2) is 0 Å².